The predicted octanol–water partition coefficient (Wildman–Crippen LogP) is 4.60. The summed E-state index contributed by atoms with van der Waals surface area (Å²) in [5, 5.41) is 2.86. The first-order chi connectivity index (χ1) is 15.0. The van der Waals surface area contributed by atoms with E-state index in [1.807, 2.05) is 24.3 Å². The summed E-state index contributed by atoms with van der Waals surface area (Å²) in [6.45, 7) is 3.11. The van der Waals surface area contributed by atoms with Crippen LogP contribution < -0.4 is 14.8 Å². The van der Waals surface area contributed by atoms with Gasteiger partial charge in [0.25, 0.3) is 15.9 Å². The van der Waals surface area contributed by atoms with E-state index < -0.39 is 10.0 Å². The van der Waals surface area contributed by atoms with Gasteiger partial charge in [-0.3, -0.25) is 9.52 Å². The molecule has 0 unspecified atom stereocenters. The Morgan fingerprint density at radius 1 is 0.935 bits per heavy atom. The Balaban J connectivity index is 1.62. The number of hydrogen-bond acceptors (Lipinski definition) is 4. The number of unbranched alkanes of at least 4 members (excludes halogenated alkanes) is 1. The minimum absolute atomic E-state index is 0.158. The minimum Gasteiger partial charge on any atom is -0.494 e. The van der Waals surface area contributed by atoms with Gasteiger partial charge in [0.2, 0.25) is 0 Å². The van der Waals surface area contributed by atoms with E-state index >= 15 is 0 Å². The van der Waals surface area contributed by atoms with Crippen LogP contribution in [0.25, 0.3) is 0 Å². The van der Waals surface area contributed by atoms with E-state index in [-0.39, 0.29) is 10.8 Å². The van der Waals surface area contributed by atoms with Crippen molar-refractivity contribution in [1.29, 1.82) is 0 Å². The van der Waals surface area contributed by atoms with Gasteiger partial charge in [-0.15, -0.1) is 0 Å². The van der Waals surface area contributed by atoms with E-state index in [9.17, 15) is 13.2 Å². The standard InChI is InChI=1S/C24H26N2O4S/c1-2-3-15-30-22-12-7-9-19(16-22)18-25-24(27)20-10-8-11-21(17-20)26-31(28,29)23-13-5-4-6-14-23/h4-14,16-17,26H,2-3,15,18H2,1H3,(H,25,27). The Bertz CT molecular complexity index is 1120. The topological polar surface area (TPSA) is 84.5 Å². The molecule has 0 aliphatic heterocycles. The first kappa shape index (κ1) is 22.4. The van der Waals surface area contributed by atoms with E-state index in [0.717, 1.165) is 24.2 Å². The number of benzene rings is 3. The molecular weight excluding hydrogens is 412 g/mol. The lowest BCUT2D eigenvalue weighted by atomic mass is 10.1. The lowest BCUT2D eigenvalue weighted by Gasteiger charge is -2.11. The maximum absolute atomic E-state index is 12.6. The predicted molar refractivity (Wildman–Crippen MR) is 122 cm³/mol. The minimum atomic E-state index is -3.72. The highest BCUT2D eigenvalue weighted by Gasteiger charge is 2.14. The second kappa shape index (κ2) is 10.6. The van der Waals surface area contributed by atoms with E-state index in [1.54, 1.807) is 36.4 Å². The van der Waals surface area contributed by atoms with Gasteiger partial charge in [0, 0.05) is 17.8 Å². The third-order valence-electron chi connectivity index (χ3n) is 4.55. The van der Waals surface area contributed by atoms with Crippen molar-refractivity contribution in [2.45, 2.75) is 31.2 Å². The van der Waals surface area contributed by atoms with E-state index in [2.05, 4.69) is 17.0 Å². The molecule has 0 fully saturated rings. The molecule has 3 aromatic rings. The number of ether oxygens (including phenoxy) is 1. The zero-order valence-electron chi connectivity index (χ0n) is 17.4. The van der Waals surface area contributed by atoms with Crippen molar-refractivity contribution in [3.05, 3.63) is 90.0 Å². The molecule has 0 bridgehead atoms. The number of carbonyl (C=O) groups excluding carboxylic acids is 1. The lowest BCUT2D eigenvalue weighted by Crippen LogP contribution is -2.23. The summed E-state index contributed by atoms with van der Waals surface area (Å²) in [4.78, 5) is 12.7. The van der Waals surface area contributed by atoms with E-state index in [4.69, 9.17) is 4.74 Å². The van der Waals surface area contributed by atoms with Gasteiger partial charge in [0.05, 0.1) is 11.5 Å². The van der Waals surface area contributed by atoms with Crippen molar-refractivity contribution in [3.63, 3.8) is 0 Å². The number of anilines is 1. The molecule has 0 saturated carbocycles. The van der Waals surface area contributed by atoms with Crippen LogP contribution in [0.15, 0.2) is 83.8 Å². The van der Waals surface area contributed by atoms with Gasteiger partial charge in [0.15, 0.2) is 0 Å². The molecule has 31 heavy (non-hydrogen) atoms. The third kappa shape index (κ3) is 6.58. The van der Waals surface area contributed by atoms with Crippen LogP contribution in [0, 0.1) is 0 Å². The summed E-state index contributed by atoms with van der Waals surface area (Å²) >= 11 is 0. The van der Waals surface area contributed by atoms with Gasteiger partial charge in [-0.2, -0.15) is 0 Å². The first-order valence-electron chi connectivity index (χ1n) is 10.2. The summed E-state index contributed by atoms with van der Waals surface area (Å²) in [7, 11) is -3.72. The van der Waals surface area contributed by atoms with Crippen molar-refractivity contribution in [3.8, 4) is 5.75 Å². The van der Waals surface area contributed by atoms with Crippen LogP contribution >= 0.6 is 0 Å². The normalized spacial score (nSPS) is 11.0. The molecule has 162 valence electrons. The van der Waals surface area contributed by atoms with Crippen LogP contribution in [0.2, 0.25) is 0 Å². The molecule has 0 aromatic heterocycles. The summed E-state index contributed by atoms with van der Waals surface area (Å²) in [6.07, 6.45) is 2.06. The van der Waals surface area contributed by atoms with Gasteiger partial charge < -0.3 is 10.1 Å². The molecule has 7 heteroatoms. The fourth-order valence-electron chi connectivity index (χ4n) is 2.90. The molecule has 2 N–H and O–H groups in total. The number of nitrogens with one attached hydrogen (secondary N) is 2. The van der Waals surface area contributed by atoms with Gasteiger partial charge in [-0.25, -0.2) is 8.42 Å². The second-order valence-electron chi connectivity index (χ2n) is 7.03. The molecule has 0 aliphatic rings. The van der Waals surface area contributed by atoms with Gasteiger partial charge in [0.1, 0.15) is 5.75 Å². The zero-order chi connectivity index (χ0) is 22.1. The first-order valence-corrected chi connectivity index (χ1v) is 11.6. The fourth-order valence-corrected chi connectivity index (χ4v) is 3.97. The zero-order valence-corrected chi connectivity index (χ0v) is 18.2. The summed E-state index contributed by atoms with van der Waals surface area (Å²) in [5.41, 5.74) is 1.61. The van der Waals surface area contributed by atoms with Crippen LogP contribution in [0.5, 0.6) is 5.75 Å². The Hall–Kier alpha value is -3.32. The molecule has 0 heterocycles. The maximum Gasteiger partial charge on any atom is 0.261 e. The molecular formula is C24H26N2O4S. The largest absolute Gasteiger partial charge is 0.494 e. The average molecular weight is 439 g/mol. The number of amides is 1. The lowest BCUT2D eigenvalue weighted by molar-refractivity contribution is 0.0951. The highest BCUT2D eigenvalue weighted by atomic mass is 32.2. The SMILES string of the molecule is CCCCOc1cccc(CNC(=O)c2cccc(NS(=O)(=O)c3ccccc3)c2)c1. The smallest absolute Gasteiger partial charge is 0.261 e. The van der Waals surface area contributed by atoms with Crippen molar-refractivity contribution in [2.24, 2.45) is 0 Å². The molecule has 6 nitrogen and oxygen atoms in total. The van der Waals surface area contributed by atoms with Crippen LogP contribution in [-0.4, -0.2) is 20.9 Å². The molecule has 0 radical (unpaired) electrons. The maximum atomic E-state index is 12.6. The highest BCUT2D eigenvalue weighted by molar-refractivity contribution is 7.92. The molecule has 3 rings (SSSR count). The molecule has 0 saturated heterocycles. The number of carbonyl (C=O) groups is 1. The highest BCUT2D eigenvalue weighted by Crippen LogP contribution is 2.18. The van der Waals surface area contributed by atoms with E-state index in [0.29, 0.717) is 24.4 Å². The van der Waals surface area contributed by atoms with Gasteiger partial charge >= 0.3 is 0 Å². The van der Waals surface area contributed by atoms with E-state index in [1.165, 1.54) is 18.2 Å². The van der Waals surface area contributed by atoms with Gasteiger partial charge in [-0.1, -0.05) is 49.7 Å². The quantitative estimate of drug-likeness (QED) is 0.453. The molecule has 1 amide bonds. The molecule has 3 aromatic carbocycles. The van der Waals surface area contributed by atoms with Crippen LogP contribution in [0.1, 0.15) is 35.7 Å². The summed E-state index contributed by atoms with van der Waals surface area (Å²) in [6, 6.07) is 22.1. The average Bonchev–Trinajstić information content (AvgIpc) is 2.78. The monoisotopic (exact) mass is 438 g/mol. The number of rotatable bonds is 10. The fraction of sp³-hybridized carbons (Fsp3) is 0.208. The third-order valence-corrected chi connectivity index (χ3v) is 5.95. The second-order valence-corrected chi connectivity index (χ2v) is 8.71. The Morgan fingerprint density at radius 2 is 1.71 bits per heavy atom. The van der Waals surface area contributed by atoms with Crippen LogP contribution in [-0.2, 0) is 16.6 Å². The van der Waals surface area contributed by atoms with Crippen molar-refractivity contribution in [2.75, 3.05) is 11.3 Å². The van der Waals surface area contributed by atoms with Crippen molar-refractivity contribution in [1.82, 2.24) is 5.32 Å². The van der Waals surface area contributed by atoms with Crippen molar-refractivity contribution >= 4 is 21.6 Å². The Kier molecular flexibility index (Phi) is 7.67. The molecule has 0 atom stereocenters. The molecule has 0 spiro atoms. The molecule has 0 aliphatic carbocycles. The summed E-state index contributed by atoms with van der Waals surface area (Å²) in [5.74, 6) is 0.482. The Morgan fingerprint density at radius 3 is 2.48 bits per heavy atom. The number of sulfonamides is 1. The van der Waals surface area contributed by atoms with Crippen LogP contribution in [0.3, 0.4) is 0 Å². The Labute approximate surface area is 183 Å². The van der Waals surface area contributed by atoms with Gasteiger partial charge in [-0.05, 0) is 54.4 Å². The number of hydrogen-bond donors (Lipinski definition) is 2. The van der Waals surface area contributed by atoms with Crippen molar-refractivity contribution < 1.29 is 17.9 Å². The summed E-state index contributed by atoms with van der Waals surface area (Å²) < 4.78 is 33.2. The van der Waals surface area contributed by atoms with Crippen LogP contribution in [0.4, 0.5) is 5.69 Å².